The van der Waals surface area contributed by atoms with Gasteiger partial charge in [0.15, 0.2) is 0 Å². The van der Waals surface area contributed by atoms with Crippen molar-refractivity contribution in [2.75, 3.05) is 11.6 Å². The maximum atomic E-state index is 12.0. The molecule has 118 valence electrons. The average molecular weight is 330 g/mol. The normalized spacial score (nSPS) is 13.0. The molecule has 3 nitrogen and oxygen atoms in total. The van der Waals surface area contributed by atoms with Crippen molar-refractivity contribution in [3.05, 3.63) is 28.8 Å². The molecule has 0 aliphatic rings. The summed E-state index contributed by atoms with van der Waals surface area (Å²) >= 11 is 6.09. The number of carbonyl (C=O) groups is 1. The fourth-order valence-electron chi connectivity index (χ4n) is 1.98. The lowest BCUT2D eigenvalue weighted by molar-refractivity contribution is -0.116. The van der Waals surface area contributed by atoms with Gasteiger partial charge in [0.05, 0.1) is 10.7 Å². The van der Waals surface area contributed by atoms with Gasteiger partial charge in [-0.05, 0) is 36.0 Å². The van der Waals surface area contributed by atoms with Crippen molar-refractivity contribution in [1.29, 1.82) is 0 Å². The zero-order chi connectivity index (χ0) is 16.0. The second-order valence-corrected chi connectivity index (χ2v) is 8.34. The molecule has 0 heterocycles. The van der Waals surface area contributed by atoms with Crippen molar-refractivity contribution in [2.24, 2.45) is 5.41 Å². The van der Waals surface area contributed by atoms with Gasteiger partial charge in [-0.25, -0.2) is 0 Å². The van der Waals surface area contributed by atoms with Crippen LogP contribution in [0.4, 0.5) is 5.69 Å². The summed E-state index contributed by atoms with van der Waals surface area (Å²) in [5, 5.41) is 3.34. The molecule has 1 aromatic carbocycles. The molecule has 0 saturated carbocycles. The molecule has 0 unspecified atom stereocenters. The van der Waals surface area contributed by atoms with E-state index in [1.807, 2.05) is 6.07 Å². The fraction of sp³-hybridized carbons (Fsp3) is 0.562. The van der Waals surface area contributed by atoms with Gasteiger partial charge < -0.3 is 5.32 Å². The Hall–Kier alpha value is -0.870. The van der Waals surface area contributed by atoms with Gasteiger partial charge in [-0.15, -0.1) is 0 Å². The minimum absolute atomic E-state index is 0.0316. The first-order chi connectivity index (χ1) is 9.67. The van der Waals surface area contributed by atoms with Crippen LogP contribution in [0.15, 0.2) is 18.2 Å². The number of anilines is 1. The highest BCUT2D eigenvalue weighted by Crippen LogP contribution is 2.25. The van der Waals surface area contributed by atoms with Crippen LogP contribution in [0.3, 0.4) is 0 Å². The highest BCUT2D eigenvalue weighted by molar-refractivity contribution is 7.83. The topological polar surface area (TPSA) is 46.2 Å². The largest absolute Gasteiger partial charge is 0.325 e. The maximum Gasteiger partial charge on any atom is 0.224 e. The molecule has 21 heavy (non-hydrogen) atoms. The number of hydrogen-bond donors (Lipinski definition) is 1. The Balaban J connectivity index is 2.60. The summed E-state index contributed by atoms with van der Waals surface area (Å²) in [4.78, 5) is 12.0. The van der Waals surface area contributed by atoms with Gasteiger partial charge in [0.1, 0.15) is 0 Å². The van der Waals surface area contributed by atoms with Crippen LogP contribution in [0.2, 0.25) is 5.02 Å². The van der Waals surface area contributed by atoms with E-state index in [1.165, 1.54) is 0 Å². The summed E-state index contributed by atoms with van der Waals surface area (Å²) in [7, 11) is -0.915. The van der Waals surface area contributed by atoms with Crippen molar-refractivity contribution < 1.29 is 9.00 Å². The van der Waals surface area contributed by atoms with Gasteiger partial charge >= 0.3 is 0 Å². The summed E-state index contributed by atoms with van der Waals surface area (Å²) in [5.74, 6) is 0.431. The molecular weight excluding hydrogens is 306 g/mol. The third-order valence-corrected chi connectivity index (χ3v) is 4.07. The zero-order valence-corrected chi connectivity index (χ0v) is 14.7. The van der Waals surface area contributed by atoms with E-state index in [-0.39, 0.29) is 11.3 Å². The lowest BCUT2D eigenvalue weighted by atomic mass is 9.90. The number of rotatable bonds is 6. The van der Waals surface area contributed by atoms with E-state index in [4.69, 9.17) is 11.6 Å². The lowest BCUT2D eigenvalue weighted by Crippen LogP contribution is -2.13. The van der Waals surface area contributed by atoms with E-state index in [0.29, 0.717) is 22.9 Å². The Bertz CT molecular complexity index is 523. The zero-order valence-electron chi connectivity index (χ0n) is 13.2. The molecule has 1 rings (SSSR count). The first-order valence-electron chi connectivity index (χ1n) is 7.06. The summed E-state index contributed by atoms with van der Waals surface area (Å²) in [6.07, 6.45) is 3.99. The Labute approximate surface area is 134 Å². The Morgan fingerprint density at radius 2 is 2.00 bits per heavy atom. The lowest BCUT2D eigenvalue weighted by Gasteiger charge is -2.17. The van der Waals surface area contributed by atoms with Crippen molar-refractivity contribution in [3.63, 3.8) is 0 Å². The summed E-state index contributed by atoms with van der Waals surface area (Å²) in [6.45, 7) is 6.49. The molecule has 0 bridgehead atoms. The van der Waals surface area contributed by atoms with Crippen LogP contribution in [0.1, 0.15) is 45.6 Å². The number of carbonyl (C=O) groups excluding carboxylic acids is 1. The van der Waals surface area contributed by atoms with Crippen molar-refractivity contribution >= 4 is 34.0 Å². The molecule has 1 aromatic rings. The van der Waals surface area contributed by atoms with Crippen molar-refractivity contribution in [3.8, 4) is 0 Å². The molecule has 0 aliphatic heterocycles. The predicted molar refractivity (Wildman–Crippen MR) is 91.2 cm³/mol. The minimum atomic E-state index is -0.915. The van der Waals surface area contributed by atoms with E-state index in [9.17, 15) is 9.00 Å². The van der Waals surface area contributed by atoms with Crippen LogP contribution in [0.5, 0.6) is 0 Å². The van der Waals surface area contributed by atoms with Crippen molar-refractivity contribution in [2.45, 2.75) is 45.8 Å². The molecule has 0 radical (unpaired) electrons. The Morgan fingerprint density at radius 1 is 1.33 bits per heavy atom. The fourth-order valence-corrected chi connectivity index (χ4v) is 2.80. The van der Waals surface area contributed by atoms with Gasteiger partial charge in [0.2, 0.25) is 5.91 Å². The smallest absolute Gasteiger partial charge is 0.224 e. The summed E-state index contributed by atoms with van der Waals surface area (Å²) < 4.78 is 11.3. The first-order valence-corrected chi connectivity index (χ1v) is 9.16. The second kappa shape index (κ2) is 7.95. The Morgan fingerprint density at radius 3 is 2.57 bits per heavy atom. The molecule has 0 aliphatic carbocycles. The van der Waals surface area contributed by atoms with Gasteiger partial charge in [-0.1, -0.05) is 38.4 Å². The standard InChI is InChI=1S/C16H24ClNO2S/c1-16(2,3)9-5-6-15(19)18-14-10-12(11-21(4)20)7-8-13(14)17/h7-8,10H,5-6,9,11H2,1-4H3,(H,18,19)/t21-/m1/s1. The molecular formula is C16H24ClNO2S. The molecule has 5 heteroatoms. The molecule has 1 N–H and O–H groups in total. The van der Waals surface area contributed by atoms with Gasteiger partial charge in [-0.3, -0.25) is 9.00 Å². The van der Waals surface area contributed by atoms with E-state index >= 15 is 0 Å². The van der Waals surface area contributed by atoms with Crippen LogP contribution in [0.25, 0.3) is 0 Å². The molecule has 0 saturated heterocycles. The third-order valence-electron chi connectivity index (χ3n) is 3.01. The number of amides is 1. The van der Waals surface area contributed by atoms with E-state index in [0.717, 1.165) is 18.4 Å². The number of hydrogen-bond acceptors (Lipinski definition) is 2. The van der Waals surface area contributed by atoms with Crippen LogP contribution in [0, 0.1) is 5.41 Å². The summed E-state index contributed by atoms with van der Waals surface area (Å²) in [6, 6.07) is 5.36. The molecule has 1 atom stereocenters. The highest BCUT2D eigenvalue weighted by atomic mass is 35.5. The molecule has 0 aromatic heterocycles. The quantitative estimate of drug-likeness (QED) is 0.842. The highest BCUT2D eigenvalue weighted by Gasteiger charge is 2.12. The molecule has 0 fully saturated rings. The monoisotopic (exact) mass is 329 g/mol. The maximum absolute atomic E-state index is 12.0. The predicted octanol–water partition coefficient (Wildman–Crippen LogP) is 4.37. The van der Waals surface area contributed by atoms with Crippen LogP contribution in [-0.4, -0.2) is 16.4 Å². The van der Waals surface area contributed by atoms with Gasteiger partial charge in [0, 0.05) is 29.2 Å². The number of halogens is 1. The van der Waals surface area contributed by atoms with E-state index in [2.05, 4.69) is 26.1 Å². The molecule has 0 spiro atoms. The minimum Gasteiger partial charge on any atom is -0.325 e. The van der Waals surface area contributed by atoms with E-state index in [1.54, 1.807) is 18.4 Å². The SMILES string of the molecule is C[S@@](=O)Cc1ccc(Cl)c(NC(=O)CCCC(C)(C)C)c1. The van der Waals surface area contributed by atoms with Crippen LogP contribution >= 0.6 is 11.6 Å². The van der Waals surface area contributed by atoms with Gasteiger partial charge in [0.25, 0.3) is 0 Å². The number of benzene rings is 1. The van der Waals surface area contributed by atoms with Crippen LogP contribution < -0.4 is 5.32 Å². The third kappa shape index (κ3) is 7.63. The van der Waals surface area contributed by atoms with Gasteiger partial charge in [-0.2, -0.15) is 0 Å². The van der Waals surface area contributed by atoms with Crippen LogP contribution in [-0.2, 0) is 21.3 Å². The summed E-state index contributed by atoms with van der Waals surface area (Å²) in [5.41, 5.74) is 1.74. The van der Waals surface area contributed by atoms with Crippen molar-refractivity contribution in [1.82, 2.24) is 0 Å². The average Bonchev–Trinajstić information content (AvgIpc) is 2.31. The molecule has 1 amide bonds. The Kier molecular flexibility index (Phi) is 6.88. The second-order valence-electron chi connectivity index (χ2n) is 6.49. The first kappa shape index (κ1) is 18.2. The number of nitrogens with one attached hydrogen (secondary N) is 1. The van der Waals surface area contributed by atoms with E-state index < -0.39 is 10.8 Å².